The summed E-state index contributed by atoms with van der Waals surface area (Å²) in [5.74, 6) is 0.105. The van der Waals surface area contributed by atoms with Crippen molar-refractivity contribution in [2.45, 2.75) is 26.2 Å². The monoisotopic (exact) mass is 217 g/mol. The van der Waals surface area contributed by atoms with Gasteiger partial charge in [-0.05, 0) is 18.6 Å². The Morgan fingerprint density at radius 2 is 1.93 bits per heavy atom. The van der Waals surface area contributed by atoms with Crippen molar-refractivity contribution in [2.24, 2.45) is 0 Å². The Balaban J connectivity index is 0.00000169. The van der Waals surface area contributed by atoms with E-state index < -0.39 is 0 Å². The third-order valence-electron chi connectivity index (χ3n) is 1.81. The van der Waals surface area contributed by atoms with Crippen molar-refractivity contribution in [3.63, 3.8) is 0 Å². The van der Waals surface area contributed by atoms with Crippen LogP contribution in [0.25, 0.3) is 0 Å². The number of anilines is 1. The van der Waals surface area contributed by atoms with Crippen molar-refractivity contribution < 1.29 is 4.79 Å². The number of nitrogens with one attached hydrogen (secondary N) is 1. The molecule has 0 bridgehead atoms. The van der Waals surface area contributed by atoms with Gasteiger partial charge in [-0.25, -0.2) is 0 Å². The van der Waals surface area contributed by atoms with Crippen LogP contribution < -0.4 is 5.32 Å². The van der Waals surface area contributed by atoms with Crippen molar-refractivity contribution in [1.82, 2.24) is 0 Å². The molecule has 1 aromatic carbocycles. The Labute approximate surface area is 128 Å². The van der Waals surface area contributed by atoms with E-state index >= 15 is 0 Å². The summed E-state index contributed by atoms with van der Waals surface area (Å²) in [7, 11) is 0. The number of rotatable bonds is 4. The summed E-state index contributed by atoms with van der Waals surface area (Å²) in [6, 6.07) is 9.54. The van der Waals surface area contributed by atoms with Crippen molar-refractivity contribution in [3.05, 3.63) is 30.3 Å². The van der Waals surface area contributed by atoms with Gasteiger partial charge in [0.1, 0.15) is 0 Å². The summed E-state index contributed by atoms with van der Waals surface area (Å²) in [5, 5.41) is 2.84. The third kappa shape index (κ3) is 5.93. The summed E-state index contributed by atoms with van der Waals surface area (Å²) in [5.41, 5.74) is 0.878. The van der Waals surface area contributed by atoms with Gasteiger partial charge in [-0.15, -0.1) is 0 Å². The molecule has 0 spiro atoms. The van der Waals surface area contributed by atoms with E-state index in [1.165, 1.54) is 0 Å². The number of amides is 1. The van der Waals surface area contributed by atoms with E-state index in [1.807, 2.05) is 30.3 Å². The second-order valence-electron chi connectivity index (χ2n) is 3.02. The van der Waals surface area contributed by atoms with E-state index in [0.717, 1.165) is 18.5 Å². The Hall–Kier alpha value is 0.326. The molecule has 0 radical (unpaired) electrons. The van der Waals surface area contributed by atoms with Crippen LogP contribution in [0.1, 0.15) is 26.2 Å². The molecule has 0 fully saturated rings. The van der Waals surface area contributed by atoms with Crippen molar-refractivity contribution >= 4 is 63.0 Å². The Morgan fingerprint density at radius 1 is 1.29 bits per heavy atom. The molecule has 1 aromatic rings. The fourth-order valence-corrected chi connectivity index (χ4v) is 1.08. The van der Waals surface area contributed by atoms with Gasteiger partial charge in [0.15, 0.2) is 0 Å². The molecule has 0 aliphatic heterocycles. The van der Waals surface area contributed by atoms with Crippen LogP contribution in [0.3, 0.4) is 0 Å². The Bertz CT molecular complexity index is 261. The molecule has 0 atom stereocenters. The zero-order chi connectivity index (χ0) is 9.52. The van der Waals surface area contributed by atoms with Gasteiger partial charge in [-0.2, -0.15) is 0 Å². The van der Waals surface area contributed by atoms with E-state index in [4.69, 9.17) is 0 Å². The Kier molecular flexibility index (Phi) is 8.82. The molecule has 2 nitrogen and oxygen atoms in total. The first-order valence-electron chi connectivity index (χ1n) is 4.68. The van der Waals surface area contributed by atoms with Crippen LogP contribution in [-0.2, 0) is 4.79 Å². The number of carbonyl (C=O) groups is 1. The average Bonchev–Trinajstić information content (AvgIpc) is 2.16. The third-order valence-corrected chi connectivity index (χ3v) is 1.81. The van der Waals surface area contributed by atoms with Crippen LogP contribution in [0.15, 0.2) is 30.3 Å². The molecule has 14 heavy (non-hydrogen) atoms. The molecule has 0 unspecified atom stereocenters. The minimum absolute atomic E-state index is 0. The second kappa shape index (κ2) is 8.62. The number of hydrogen-bond acceptors (Lipinski definition) is 1. The van der Waals surface area contributed by atoms with Crippen LogP contribution >= 0.6 is 0 Å². The van der Waals surface area contributed by atoms with E-state index in [2.05, 4.69) is 12.2 Å². The average molecular weight is 217 g/mol. The van der Waals surface area contributed by atoms with Gasteiger partial charge in [0, 0.05) is 12.1 Å². The summed E-state index contributed by atoms with van der Waals surface area (Å²) in [6.45, 7) is 2.08. The number of unbranched alkanes of at least 4 members (excludes halogenated alkanes) is 1. The molecule has 0 saturated heterocycles. The number of para-hydroxylation sites is 1. The Morgan fingerprint density at radius 3 is 2.50 bits per heavy atom. The van der Waals surface area contributed by atoms with Crippen LogP contribution in [0, 0.1) is 0 Å². The van der Waals surface area contributed by atoms with Crippen LogP contribution in [-0.4, -0.2) is 57.3 Å². The summed E-state index contributed by atoms with van der Waals surface area (Å²) in [6.07, 6.45) is 2.63. The first-order valence-corrected chi connectivity index (χ1v) is 4.68. The number of carbonyl (C=O) groups excluding carboxylic acids is 1. The topological polar surface area (TPSA) is 29.1 Å². The maximum absolute atomic E-state index is 11.3. The van der Waals surface area contributed by atoms with Gasteiger partial charge in [-0.1, -0.05) is 31.5 Å². The van der Waals surface area contributed by atoms with Crippen LogP contribution in [0.5, 0.6) is 0 Å². The molecular formula is C11H16KNO. The molecule has 1 N–H and O–H groups in total. The van der Waals surface area contributed by atoms with Crippen molar-refractivity contribution in [3.8, 4) is 0 Å². The number of benzene rings is 1. The molecule has 1 amide bonds. The maximum atomic E-state index is 11.3. The fourth-order valence-electron chi connectivity index (χ4n) is 1.08. The molecule has 0 saturated carbocycles. The minimum atomic E-state index is 0. The summed E-state index contributed by atoms with van der Waals surface area (Å²) >= 11 is 0. The van der Waals surface area contributed by atoms with Gasteiger partial charge in [0.25, 0.3) is 0 Å². The zero-order valence-electron chi connectivity index (χ0n) is 7.92. The van der Waals surface area contributed by atoms with Gasteiger partial charge >= 0.3 is 51.4 Å². The van der Waals surface area contributed by atoms with Gasteiger partial charge in [0.05, 0.1) is 0 Å². The fraction of sp³-hybridized carbons (Fsp3) is 0.364. The summed E-state index contributed by atoms with van der Waals surface area (Å²) in [4.78, 5) is 11.3. The predicted octanol–water partition coefficient (Wildman–Crippen LogP) is 2.17. The van der Waals surface area contributed by atoms with Crippen molar-refractivity contribution in [2.75, 3.05) is 5.32 Å². The molecule has 0 aromatic heterocycles. The first-order chi connectivity index (χ1) is 6.33. The molecular weight excluding hydrogens is 201 g/mol. The number of hydrogen-bond donors (Lipinski definition) is 1. The normalized spacial score (nSPS) is 8.93. The molecule has 72 valence electrons. The van der Waals surface area contributed by atoms with E-state index in [1.54, 1.807) is 0 Å². The molecule has 3 heteroatoms. The first kappa shape index (κ1) is 14.3. The van der Waals surface area contributed by atoms with Crippen molar-refractivity contribution in [1.29, 1.82) is 0 Å². The van der Waals surface area contributed by atoms with E-state index in [-0.39, 0.29) is 57.3 Å². The second-order valence-corrected chi connectivity index (χ2v) is 3.02. The standard InChI is InChI=1S/C11H15NO.K.H/c1-2-3-9-11(13)12-10-7-5-4-6-8-10;;/h4-8H,2-3,9H2,1H3,(H,12,13);;. The van der Waals surface area contributed by atoms with Gasteiger partial charge in [-0.3, -0.25) is 4.79 Å². The molecule has 0 aliphatic rings. The van der Waals surface area contributed by atoms with Gasteiger partial charge < -0.3 is 5.32 Å². The van der Waals surface area contributed by atoms with Crippen LogP contribution in [0.4, 0.5) is 5.69 Å². The quantitative estimate of drug-likeness (QED) is 0.769. The molecule has 0 aliphatic carbocycles. The van der Waals surface area contributed by atoms with E-state index in [0.29, 0.717) is 6.42 Å². The molecule has 0 heterocycles. The predicted molar refractivity (Wildman–Crippen MR) is 61.7 cm³/mol. The van der Waals surface area contributed by atoms with Gasteiger partial charge in [0.2, 0.25) is 5.91 Å². The summed E-state index contributed by atoms with van der Waals surface area (Å²) < 4.78 is 0. The van der Waals surface area contributed by atoms with Crippen LogP contribution in [0.2, 0.25) is 0 Å². The SMILES string of the molecule is CCCCC(=O)Nc1ccccc1.[KH]. The zero-order valence-corrected chi connectivity index (χ0v) is 7.92. The molecule has 1 rings (SSSR count). The van der Waals surface area contributed by atoms with E-state index in [9.17, 15) is 4.79 Å².